The largest absolute Gasteiger partial charge is 0.460 e. The van der Waals surface area contributed by atoms with Crippen molar-refractivity contribution in [1.29, 1.82) is 0 Å². The van der Waals surface area contributed by atoms with Crippen molar-refractivity contribution in [3.05, 3.63) is 64.1 Å². The number of aromatic amines is 1. The molecule has 1 amide bonds. The molecule has 1 saturated heterocycles. The summed E-state index contributed by atoms with van der Waals surface area (Å²) < 4.78 is 5.81. The summed E-state index contributed by atoms with van der Waals surface area (Å²) in [5, 5.41) is 18.2. The lowest BCUT2D eigenvalue weighted by atomic mass is 10.0. The zero-order chi connectivity index (χ0) is 19.8. The monoisotopic (exact) mass is 399 g/mol. The lowest BCUT2D eigenvalue weighted by molar-refractivity contribution is 0.0763. The summed E-state index contributed by atoms with van der Waals surface area (Å²) in [5.74, 6) is 0.928. The molecule has 6 nitrogen and oxygen atoms in total. The number of furan rings is 1. The van der Waals surface area contributed by atoms with Gasteiger partial charge in [-0.05, 0) is 44.5 Å². The molecule has 7 heteroatoms. The standard InChI is InChI=1S/C21H22ClN3O3/c1-12-7-15(24-23-12)8-14-10-25(11-19(14)26)21(27)17-9-20(28-13(17)2)16-5-3-4-6-18(16)22/h3-7,9,14,19,26H,8,10-11H2,1-2H3,(H,23,24)/t14-,19+/m1/s1. The van der Waals surface area contributed by atoms with Crippen LogP contribution in [0, 0.1) is 19.8 Å². The molecule has 1 aliphatic heterocycles. The highest BCUT2D eigenvalue weighted by Crippen LogP contribution is 2.32. The minimum atomic E-state index is -0.573. The summed E-state index contributed by atoms with van der Waals surface area (Å²) in [7, 11) is 0. The Labute approximate surface area is 168 Å². The van der Waals surface area contributed by atoms with E-state index in [0.29, 0.717) is 41.6 Å². The number of hydrogen-bond acceptors (Lipinski definition) is 4. The first-order valence-corrected chi connectivity index (χ1v) is 9.63. The first kappa shape index (κ1) is 18.8. The summed E-state index contributed by atoms with van der Waals surface area (Å²) >= 11 is 6.25. The maximum Gasteiger partial charge on any atom is 0.257 e. The van der Waals surface area contributed by atoms with Gasteiger partial charge in [-0.15, -0.1) is 0 Å². The van der Waals surface area contributed by atoms with Gasteiger partial charge in [0.25, 0.3) is 5.91 Å². The van der Waals surface area contributed by atoms with E-state index in [1.165, 1.54) is 0 Å². The molecule has 0 radical (unpaired) electrons. The number of aromatic nitrogens is 2. The van der Waals surface area contributed by atoms with Crippen LogP contribution in [0.5, 0.6) is 0 Å². The third kappa shape index (κ3) is 3.57. The predicted octanol–water partition coefficient (Wildman–Crippen LogP) is 3.62. The lowest BCUT2D eigenvalue weighted by Crippen LogP contribution is -2.29. The number of β-amino-alcohol motifs (C(OH)–C–C–N with tert-alkyl or cyclic N) is 1. The number of aryl methyl sites for hydroxylation is 2. The van der Waals surface area contributed by atoms with Gasteiger partial charge >= 0.3 is 0 Å². The van der Waals surface area contributed by atoms with Crippen molar-refractivity contribution in [1.82, 2.24) is 15.1 Å². The van der Waals surface area contributed by atoms with E-state index >= 15 is 0 Å². The number of aliphatic hydroxyl groups is 1. The van der Waals surface area contributed by atoms with Crippen molar-refractivity contribution in [3.63, 3.8) is 0 Å². The molecule has 2 N–H and O–H groups in total. The van der Waals surface area contributed by atoms with Gasteiger partial charge in [0.2, 0.25) is 0 Å². The van der Waals surface area contributed by atoms with E-state index < -0.39 is 6.10 Å². The Balaban J connectivity index is 1.51. The highest BCUT2D eigenvalue weighted by Gasteiger charge is 2.36. The third-order valence-electron chi connectivity index (χ3n) is 5.21. The average molecular weight is 400 g/mol. The molecule has 2 aromatic heterocycles. The number of hydrogen-bond donors (Lipinski definition) is 2. The van der Waals surface area contributed by atoms with E-state index in [4.69, 9.17) is 16.0 Å². The predicted molar refractivity (Wildman–Crippen MR) is 106 cm³/mol. The number of halogens is 1. The van der Waals surface area contributed by atoms with Crippen LogP contribution in [0.4, 0.5) is 0 Å². The molecule has 1 aromatic carbocycles. The van der Waals surface area contributed by atoms with E-state index in [1.807, 2.05) is 31.2 Å². The lowest BCUT2D eigenvalue weighted by Gasteiger charge is -2.15. The highest BCUT2D eigenvalue weighted by molar-refractivity contribution is 6.33. The Morgan fingerprint density at radius 1 is 1.32 bits per heavy atom. The maximum absolute atomic E-state index is 13.0. The fourth-order valence-electron chi connectivity index (χ4n) is 3.73. The second-order valence-corrected chi connectivity index (χ2v) is 7.75. The van der Waals surface area contributed by atoms with Crippen LogP contribution < -0.4 is 0 Å². The molecule has 0 unspecified atom stereocenters. The van der Waals surface area contributed by atoms with E-state index in [1.54, 1.807) is 24.0 Å². The van der Waals surface area contributed by atoms with Crippen molar-refractivity contribution in [2.24, 2.45) is 5.92 Å². The quantitative estimate of drug-likeness (QED) is 0.702. The zero-order valence-electron chi connectivity index (χ0n) is 15.8. The van der Waals surface area contributed by atoms with Crippen molar-refractivity contribution in [2.45, 2.75) is 26.4 Å². The van der Waals surface area contributed by atoms with Crippen LogP contribution in [0.15, 0.2) is 40.8 Å². The molecule has 146 valence electrons. The van der Waals surface area contributed by atoms with Crippen LogP contribution in [-0.4, -0.2) is 45.3 Å². The molecule has 2 atom stereocenters. The Hall–Kier alpha value is -2.57. The van der Waals surface area contributed by atoms with Crippen molar-refractivity contribution < 1.29 is 14.3 Å². The van der Waals surface area contributed by atoms with E-state index in [-0.39, 0.29) is 11.8 Å². The smallest absolute Gasteiger partial charge is 0.257 e. The number of nitrogens with one attached hydrogen (secondary N) is 1. The average Bonchev–Trinajstić information content (AvgIpc) is 3.35. The van der Waals surface area contributed by atoms with Crippen LogP contribution in [-0.2, 0) is 6.42 Å². The Kier molecular flexibility index (Phi) is 5.00. The van der Waals surface area contributed by atoms with Gasteiger partial charge in [0.15, 0.2) is 0 Å². The van der Waals surface area contributed by atoms with Crippen LogP contribution in [0.1, 0.15) is 27.5 Å². The van der Waals surface area contributed by atoms with Crippen molar-refractivity contribution in [3.8, 4) is 11.3 Å². The molecule has 3 aromatic rings. The molecule has 1 fully saturated rings. The van der Waals surface area contributed by atoms with E-state index in [9.17, 15) is 9.90 Å². The first-order chi connectivity index (χ1) is 13.4. The second kappa shape index (κ2) is 7.45. The van der Waals surface area contributed by atoms with E-state index in [2.05, 4.69) is 10.2 Å². The fourth-order valence-corrected chi connectivity index (χ4v) is 3.96. The van der Waals surface area contributed by atoms with E-state index in [0.717, 1.165) is 17.0 Å². The Morgan fingerprint density at radius 3 is 2.82 bits per heavy atom. The number of carbonyl (C=O) groups excluding carboxylic acids is 1. The molecule has 3 heterocycles. The Bertz CT molecular complexity index is 1010. The zero-order valence-corrected chi connectivity index (χ0v) is 16.5. The molecule has 1 aliphatic rings. The number of rotatable bonds is 4. The van der Waals surface area contributed by atoms with Gasteiger partial charge in [0, 0.05) is 30.3 Å². The summed E-state index contributed by atoms with van der Waals surface area (Å²) in [6.07, 6.45) is 0.0565. The summed E-state index contributed by atoms with van der Waals surface area (Å²) in [4.78, 5) is 14.7. The van der Waals surface area contributed by atoms with Gasteiger partial charge in [-0.1, -0.05) is 23.7 Å². The van der Waals surface area contributed by atoms with Gasteiger partial charge in [-0.3, -0.25) is 9.89 Å². The Morgan fingerprint density at radius 2 is 2.11 bits per heavy atom. The minimum Gasteiger partial charge on any atom is -0.460 e. The maximum atomic E-state index is 13.0. The fraction of sp³-hybridized carbons (Fsp3) is 0.333. The summed E-state index contributed by atoms with van der Waals surface area (Å²) in [6.45, 7) is 4.50. The molecular weight excluding hydrogens is 378 g/mol. The summed E-state index contributed by atoms with van der Waals surface area (Å²) in [5.41, 5.74) is 3.13. The second-order valence-electron chi connectivity index (χ2n) is 7.34. The van der Waals surface area contributed by atoms with Crippen LogP contribution in [0.3, 0.4) is 0 Å². The normalized spacial score (nSPS) is 19.4. The molecule has 0 aliphatic carbocycles. The SMILES string of the molecule is Cc1cc(C[C@@H]2CN(C(=O)c3cc(-c4ccccc4Cl)oc3C)C[C@@H]2O)n[nH]1. The van der Waals surface area contributed by atoms with Crippen LogP contribution in [0.2, 0.25) is 5.02 Å². The molecule has 0 bridgehead atoms. The van der Waals surface area contributed by atoms with Gasteiger partial charge in [0.1, 0.15) is 11.5 Å². The molecule has 4 rings (SSSR count). The number of H-pyrrole nitrogens is 1. The van der Waals surface area contributed by atoms with Crippen LogP contribution in [0.25, 0.3) is 11.3 Å². The number of benzene rings is 1. The van der Waals surface area contributed by atoms with Gasteiger partial charge in [0.05, 0.1) is 22.4 Å². The minimum absolute atomic E-state index is 0.0399. The van der Waals surface area contributed by atoms with Crippen molar-refractivity contribution in [2.75, 3.05) is 13.1 Å². The molecule has 28 heavy (non-hydrogen) atoms. The molecule has 0 saturated carbocycles. The number of aliphatic hydroxyl groups excluding tert-OH is 1. The molecular formula is C21H22ClN3O3. The summed E-state index contributed by atoms with van der Waals surface area (Å²) in [6, 6.07) is 11.1. The number of nitrogens with zero attached hydrogens (tertiary/aromatic N) is 2. The number of likely N-dealkylation sites (tertiary alicyclic amines) is 1. The van der Waals surface area contributed by atoms with Gasteiger partial charge < -0.3 is 14.4 Å². The number of amides is 1. The first-order valence-electron chi connectivity index (χ1n) is 9.26. The van der Waals surface area contributed by atoms with Crippen molar-refractivity contribution >= 4 is 17.5 Å². The van der Waals surface area contributed by atoms with Gasteiger partial charge in [-0.25, -0.2) is 0 Å². The topological polar surface area (TPSA) is 82.4 Å². The molecule has 0 spiro atoms. The van der Waals surface area contributed by atoms with Crippen LogP contribution >= 0.6 is 11.6 Å². The number of carbonyl (C=O) groups is 1. The van der Waals surface area contributed by atoms with Gasteiger partial charge in [-0.2, -0.15) is 5.10 Å². The highest BCUT2D eigenvalue weighted by atomic mass is 35.5. The third-order valence-corrected chi connectivity index (χ3v) is 5.54.